The van der Waals surface area contributed by atoms with Crippen LogP contribution >= 0.6 is 0 Å². The number of hydrogen-bond donors (Lipinski definition) is 3. The van der Waals surface area contributed by atoms with E-state index in [4.69, 9.17) is 0 Å². The van der Waals surface area contributed by atoms with Crippen molar-refractivity contribution in [3.8, 4) is 0 Å². The van der Waals surface area contributed by atoms with Gasteiger partial charge in [-0.25, -0.2) is 4.79 Å². The number of para-hydroxylation sites is 1. The van der Waals surface area contributed by atoms with Crippen LogP contribution in [0.2, 0.25) is 0 Å². The number of aromatic nitrogens is 1. The van der Waals surface area contributed by atoms with Gasteiger partial charge in [0.2, 0.25) is 0 Å². The minimum Gasteiger partial charge on any atom is -0.358 e. The number of urea groups is 1. The van der Waals surface area contributed by atoms with Gasteiger partial charge in [0.1, 0.15) is 0 Å². The van der Waals surface area contributed by atoms with Gasteiger partial charge in [0.15, 0.2) is 0 Å². The van der Waals surface area contributed by atoms with Gasteiger partial charge in [-0.2, -0.15) is 0 Å². The van der Waals surface area contributed by atoms with Crippen molar-refractivity contribution in [2.45, 2.75) is 33.4 Å². The zero-order valence-corrected chi connectivity index (χ0v) is 17.0. The molecule has 0 fully saturated rings. The Hall–Kier alpha value is -2.79. The standard InChI is InChI=1S/C23H30N4O/c1-4-27(3)16-19-9-7-8-18(14-19)15-25-23(28)24-13-12-20-17(2)26-22-11-6-5-10-21(20)22/h5-11,14,26H,4,12-13,15-16H2,1-3H3,(H2,24,25,28). The summed E-state index contributed by atoms with van der Waals surface area (Å²) in [6.07, 6.45) is 0.808. The van der Waals surface area contributed by atoms with Crippen LogP contribution in [0, 0.1) is 6.92 Å². The molecule has 3 aromatic rings. The Morgan fingerprint density at radius 3 is 2.68 bits per heavy atom. The second-order valence-electron chi connectivity index (χ2n) is 7.28. The SMILES string of the molecule is CCN(C)Cc1cccc(CNC(=O)NCCc2c(C)[nH]c3ccccc23)c1. The fourth-order valence-electron chi connectivity index (χ4n) is 3.46. The van der Waals surface area contributed by atoms with E-state index in [-0.39, 0.29) is 6.03 Å². The Balaban J connectivity index is 1.47. The molecule has 2 aromatic carbocycles. The molecule has 148 valence electrons. The third-order valence-electron chi connectivity index (χ3n) is 5.12. The van der Waals surface area contributed by atoms with Crippen LogP contribution in [0.25, 0.3) is 10.9 Å². The van der Waals surface area contributed by atoms with Crippen LogP contribution < -0.4 is 10.6 Å². The molecule has 3 rings (SSSR count). The van der Waals surface area contributed by atoms with Gasteiger partial charge >= 0.3 is 6.03 Å². The quantitative estimate of drug-likeness (QED) is 0.555. The topological polar surface area (TPSA) is 60.2 Å². The van der Waals surface area contributed by atoms with E-state index < -0.39 is 0 Å². The van der Waals surface area contributed by atoms with Gasteiger partial charge in [-0.1, -0.05) is 49.4 Å². The van der Waals surface area contributed by atoms with E-state index in [9.17, 15) is 4.79 Å². The smallest absolute Gasteiger partial charge is 0.315 e. The monoisotopic (exact) mass is 378 g/mol. The van der Waals surface area contributed by atoms with Crippen LogP contribution in [0.1, 0.15) is 29.3 Å². The zero-order chi connectivity index (χ0) is 19.9. The largest absolute Gasteiger partial charge is 0.358 e. The van der Waals surface area contributed by atoms with Gasteiger partial charge in [-0.15, -0.1) is 0 Å². The highest BCUT2D eigenvalue weighted by molar-refractivity contribution is 5.84. The number of carbonyl (C=O) groups excluding carboxylic acids is 1. The molecule has 1 aromatic heterocycles. The van der Waals surface area contributed by atoms with Crippen LogP contribution in [0.15, 0.2) is 48.5 Å². The Labute approximate surface area is 167 Å². The summed E-state index contributed by atoms with van der Waals surface area (Å²) in [5.74, 6) is 0. The number of benzene rings is 2. The molecular formula is C23H30N4O. The lowest BCUT2D eigenvalue weighted by Gasteiger charge is -2.14. The summed E-state index contributed by atoms with van der Waals surface area (Å²) in [4.78, 5) is 17.8. The van der Waals surface area contributed by atoms with Gasteiger partial charge in [0, 0.05) is 36.2 Å². The summed E-state index contributed by atoms with van der Waals surface area (Å²) >= 11 is 0. The average Bonchev–Trinajstić information content (AvgIpc) is 3.02. The van der Waals surface area contributed by atoms with E-state index in [0.717, 1.165) is 36.3 Å². The van der Waals surface area contributed by atoms with Crippen molar-refractivity contribution >= 4 is 16.9 Å². The van der Waals surface area contributed by atoms with Crippen LogP contribution in [0.5, 0.6) is 0 Å². The molecule has 1 heterocycles. The third kappa shape index (κ3) is 5.14. The molecule has 28 heavy (non-hydrogen) atoms. The van der Waals surface area contributed by atoms with Crippen molar-refractivity contribution in [1.82, 2.24) is 20.5 Å². The number of aryl methyl sites for hydroxylation is 1. The summed E-state index contributed by atoms with van der Waals surface area (Å²) < 4.78 is 0. The lowest BCUT2D eigenvalue weighted by Crippen LogP contribution is -2.36. The summed E-state index contributed by atoms with van der Waals surface area (Å²) in [5, 5.41) is 7.15. The Bertz CT molecular complexity index is 931. The molecular weight excluding hydrogens is 348 g/mol. The lowest BCUT2D eigenvalue weighted by atomic mass is 10.1. The third-order valence-corrected chi connectivity index (χ3v) is 5.12. The summed E-state index contributed by atoms with van der Waals surface area (Å²) in [5.41, 5.74) is 5.96. The first kappa shape index (κ1) is 20.0. The minimum atomic E-state index is -0.131. The second-order valence-corrected chi connectivity index (χ2v) is 7.28. The van der Waals surface area contributed by atoms with E-state index in [1.165, 1.54) is 16.5 Å². The Kier molecular flexibility index (Phi) is 6.71. The number of nitrogens with zero attached hydrogens (tertiary/aromatic N) is 1. The maximum Gasteiger partial charge on any atom is 0.315 e. The number of nitrogens with one attached hydrogen (secondary N) is 3. The summed E-state index contributed by atoms with van der Waals surface area (Å²) in [7, 11) is 2.10. The number of fused-ring (bicyclic) bond motifs is 1. The number of rotatable bonds is 8. The first-order valence-electron chi connectivity index (χ1n) is 9.91. The molecule has 0 saturated carbocycles. The van der Waals surface area contributed by atoms with Crippen molar-refractivity contribution in [3.05, 3.63) is 70.9 Å². The number of hydrogen-bond acceptors (Lipinski definition) is 2. The Morgan fingerprint density at radius 1 is 1.07 bits per heavy atom. The van der Waals surface area contributed by atoms with Gasteiger partial charge in [-0.3, -0.25) is 0 Å². The van der Waals surface area contributed by atoms with E-state index >= 15 is 0 Å². The van der Waals surface area contributed by atoms with Crippen molar-refractivity contribution < 1.29 is 4.79 Å². The molecule has 0 spiro atoms. The minimum absolute atomic E-state index is 0.131. The predicted octanol–water partition coefficient (Wildman–Crippen LogP) is 3.97. The van der Waals surface area contributed by atoms with Crippen LogP contribution in [-0.4, -0.2) is 36.1 Å². The fraction of sp³-hybridized carbons (Fsp3) is 0.348. The zero-order valence-electron chi connectivity index (χ0n) is 17.0. The molecule has 0 saturated heterocycles. The summed E-state index contributed by atoms with van der Waals surface area (Å²) in [6, 6.07) is 16.5. The van der Waals surface area contributed by atoms with E-state index in [1.54, 1.807) is 0 Å². The number of aromatic amines is 1. The van der Waals surface area contributed by atoms with E-state index in [1.807, 2.05) is 24.3 Å². The van der Waals surface area contributed by atoms with Crippen LogP contribution in [0.4, 0.5) is 4.79 Å². The van der Waals surface area contributed by atoms with Crippen LogP contribution in [-0.2, 0) is 19.5 Å². The normalized spacial score (nSPS) is 11.1. The highest BCUT2D eigenvalue weighted by Gasteiger charge is 2.08. The molecule has 5 nitrogen and oxygen atoms in total. The van der Waals surface area contributed by atoms with E-state index in [2.05, 4.69) is 65.7 Å². The predicted molar refractivity (Wildman–Crippen MR) is 115 cm³/mol. The maximum atomic E-state index is 12.2. The van der Waals surface area contributed by atoms with Crippen molar-refractivity contribution in [2.75, 3.05) is 20.1 Å². The fourth-order valence-corrected chi connectivity index (χ4v) is 3.46. The van der Waals surface area contributed by atoms with Gasteiger partial charge in [0.05, 0.1) is 0 Å². The Morgan fingerprint density at radius 2 is 1.86 bits per heavy atom. The van der Waals surface area contributed by atoms with Gasteiger partial charge < -0.3 is 20.5 Å². The van der Waals surface area contributed by atoms with Crippen molar-refractivity contribution in [2.24, 2.45) is 0 Å². The first-order valence-corrected chi connectivity index (χ1v) is 9.91. The number of amides is 2. The highest BCUT2D eigenvalue weighted by atomic mass is 16.2. The number of H-pyrrole nitrogens is 1. The molecule has 0 aliphatic rings. The first-order chi connectivity index (χ1) is 13.6. The second kappa shape index (κ2) is 9.42. The number of carbonyl (C=O) groups is 1. The summed E-state index contributed by atoms with van der Waals surface area (Å²) in [6.45, 7) is 7.30. The lowest BCUT2D eigenvalue weighted by molar-refractivity contribution is 0.240. The maximum absolute atomic E-state index is 12.2. The molecule has 2 amide bonds. The average molecular weight is 379 g/mol. The van der Waals surface area contributed by atoms with Crippen LogP contribution in [0.3, 0.4) is 0 Å². The molecule has 5 heteroatoms. The van der Waals surface area contributed by atoms with Gasteiger partial charge in [-0.05, 0) is 49.7 Å². The molecule has 0 bridgehead atoms. The van der Waals surface area contributed by atoms with Crippen molar-refractivity contribution in [3.63, 3.8) is 0 Å². The highest BCUT2D eigenvalue weighted by Crippen LogP contribution is 2.21. The molecule has 0 atom stereocenters. The molecule has 0 aliphatic carbocycles. The molecule has 0 unspecified atom stereocenters. The van der Waals surface area contributed by atoms with E-state index in [0.29, 0.717) is 13.1 Å². The molecule has 0 aliphatic heterocycles. The van der Waals surface area contributed by atoms with Gasteiger partial charge in [0.25, 0.3) is 0 Å². The molecule has 3 N–H and O–H groups in total. The molecule has 0 radical (unpaired) electrons. The van der Waals surface area contributed by atoms with Crippen molar-refractivity contribution in [1.29, 1.82) is 0 Å².